The molecule has 8 nitrogen and oxygen atoms in total. The van der Waals surface area contributed by atoms with Crippen molar-refractivity contribution in [3.63, 3.8) is 0 Å². The van der Waals surface area contributed by atoms with E-state index in [9.17, 15) is 4.79 Å². The summed E-state index contributed by atoms with van der Waals surface area (Å²) in [6.45, 7) is 24.7. The van der Waals surface area contributed by atoms with Gasteiger partial charge in [0.1, 0.15) is 30.4 Å². The molecule has 1 fully saturated rings. The number of hydrogen-bond acceptors (Lipinski definition) is 7. The van der Waals surface area contributed by atoms with Crippen LogP contribution in [0.3, 0.4) is 0 Å². The highest BCUT2D eigenvalue weighted by Gasteiger charge is 2.53. The van der Waals surface area contributed by atoms with Crippen molar-refractivity contribution >= 4 is 22.5 Å². The number of nitrogen functional groups attached to an aromatic ring is 1. The summed E-state index contributed by atoms with van der Waals surface area (Å²) in [7, 11) is -4.50. The lowest BCUT2D eigenvalue weighted by atomic mass is 10.1. The van der Waals surface area contributed by atoms with Gasteiger partial charge in [-0.15, -0.1) is 0 Å². The third-order valence-corrected chi connectivity index (χ3v) is 18.7. The Balaban J connectivity index is 1.66. The lowest BCUT2D eigenvalue weighted by Crippen LogP contribution is -2.53. The van der Waals surface area contributed by atoms with E-state index in [4.69, 9.17) is 24.1 Å². The van der Waals surface area contributed by atoms with Crippen LogP contribution in [0.1, 0.15) is 71.4 Å². The average molecular weight is 652 g/mol. The van der Waals surface area contributed by atoms with Gasteiger partial charge in [0, 0.05) is 18.2 Å². The third-order valence-electron chi connectivity index (χ3n) is 9.77. The number of nitrogens with two attached hydrogens (primary N) is 1. The van der Waals surface area contributed by atoms with Gasteiger partial charge >= 0.3 is 5.69 Å². The van der Waals surface area contributed by atoms with Crippen molar-refractivity contribution in [3.8, 4) is 5.75 Å². The quantitative estimate of drug-likeness (QED) is 0.225. The van der Waals surface area contributed by atoms with E-state index in [0.29, 0.717) is 13.0 Å². The first-order valence-electron chi connectivity index (χ1n) is 15.9. The number of rotatable bonds is 10. The van der Waals surface area contributed by atoms with Gasteiger partial charge in [0.15, 0.2) is 22.9 Å². The predicted molar refractivity (Wildman–Crippen MR) is 187 cm³/mol. The molecule has 4 atom stereocenters. The Labute approximate surface area is 271 Å². The first-order chi connectivity index (χ1) is 20.8. The monoisotopic (exact) mass is 651 g/mol. The topological polar surface area (TPSA) is 97.8 Å². The summed E-state index contributed by atoms with van der Waals surface area (Å²) in [6.07, 6.45) is 0.448. The van der Waals surface area contributed by atoms with Crippen molar-refractivity contribution in [3.05, 3.63) is 88.0 Å². The van der Waals surface area contributed by atoms with Crippen LogP contribution in [0.4, 0.5) is 5.82 Å². The molecule has 10 heteroatoms. The van der Waals surface area contributed by atoms with E-state index in [1.165, 1.54) is 0 Å². The number of anilines is 1. The van der Waals surface area contributed by atoms with Gasteiger partial charge < -0.3 is 24.1 Å². The van der Waals surface area contributed by atoms with E-state index in [1.54, 1.807) is 10.8 Å². The van der Waals surface area contributed by atoms with Gasteiger partial charge in [0.25, 0.3) is 0 Å². The van der Waals surface area contributed by atoms with Crippen LogP contribution in [0.5, 0.6) is 5.75 Å². The van der Waals surface area contributed by atoms with Crippen LogP contribution in [0.25, 0.3) is 0 Å². The smallest absolute Gasteiger partial charge is 0.351 e. The fourth-order valence-corrected chi connectivity index (χ4v) is 7.54. The summed E-state index contributed by atoms with van der Waals surface area (Å²) in [4.78, 5) is 17.7. The largest absolute Gasteiger partial charge is 0.489 e. The molecule has 0 unspecified atom stereocenters. The summed E-state index contributed by atoms with van der Waals surface area (Å²) in [5.74, 6) is 0.964. The number of hydrogen-bond donors (Lipinski definition) is 1. The summed E-state index contributed by atoms with van der Waals surface area (Å²) in [6, 6.07) is 18.0. The fraction of sp³-hybridized carbons (Fsp3) is 0.543. The van der Waals surface area contributed by atoms with Gasteiger partial charge in [-0.3, -0.25) is 4.57 Å². The van der Waals surface area contributed by atoms with E-state index >= 15 is 0 Å². The number of ether oxygens (including phenoxy) is 2. The highest BCUT2D eigenvalue weighted by atomic mass is 28.4. The number of aromatic nitrogens is 2. The lowest BCUT2D eigenvalue weighted by molar-refractivity contribution is -0.0311. The molecule has 1 aromatic heterocycles. The molecule has 45 heavy (non-hydrogen) atoms. The SMILES string of the molecule is C[C@H]1O[C@@H](n2cc(Cc3cccc(OCc4ccccc4)c3)c(N)nc2=O)[C@H](O[Si](C)(C)C(C)(C)C)[C@@H]1O[Si](C)(C)C(C)(C)C. The van der Waals surface area contributed by atoms with Crippen LogP contribution < -0.4 is 16.2 Å². The van der Waals surface area contributed by atoms with Gasteiger partial charge in [-0.25, -0.2) is 4.79 Å². The molecular formula is C35H53N3O5Si2. The van der Waals surface area contributed by atoms with Crippen LogP contribution in [-0.2, 0) is 26.6 Å². The van der Waals surface area contributed by atoms with Crippen LogP contribution in [0.15, 0.2) is 65.6 Å². The molecule has 0 spiro atoms. The van der Waals surface area contributed by atoms with Crippen molar-refractivity contribution in [1.82, 2.24) is 9.55 Å². The van der Waals surface area contributed by atoms with Crippen LogP contribution >= 0.6 is 0 Å². The number of nitrogens with zero attached hydrogens (tertiary/aromatic N) is 2. The maximum Gasteiger partial charge on any atom is 0.351 e. The van der Waals surface area contributed by atoms with Crippen molar-refractivity contribution in [1.29, 1.82) is 0 Å². The number of benzene rings is 2. The normalized spacial score (nSPS) is 21.2. The van der Waals surface area contributed by atoms with E-state index in [2.05, 4.69) is 72.7 Å². The molecule has 246 valence electrons. The van der Waals surface area contributed by atoms with Crippen LogP contribution in [0.2, 0.25) is 36.3 Å². The van der Waals surface area contributed by atoms with Gasteiger partial charge in [0.2, 0.25) is 0 Å². The Kier molecular flexibility index (Phi) is 10.3. The minimum absolute atomic E-state index is 0.00155. The predicted octanol–water partition coefficient (Wildman–Crippen LogP) is 7.69. The molecular weight excluding hydrogens is 599 g/mol. The molecule has 1 aliphatic heterocycles. The summed E-state index contributed by atoms with van der Waals surface area (Å²) in [5, 5.41) is -0.0492. The lowest BCUT2D eigenvalue weighted by Gasteiger charge is -2.44. The molecule has 0 amide bonds. The van der Waals surface area contributed by atoms with Crippen molar-refractivity contribution in [2.45, 2.75) is 122 Å². The molecule has 0 aliphatic carbocycles. The van der Waals surface area contributed by atoms with E-state index in [0.717, 1.165) is 22.4 Å². The summed E-state index contributed by atoms with van der Waals surface area (Å²) in [5.41, 5.74) is 8.70. The highest BCUT2D eigenvalue weighted by molar-refractivity contribution is 6.74. The molecule has 4 rings (SSSR count). The van der Waals surface area contributed by atoms with Crippen LogP contribution in [-0.4, -0.2) is 44.5 Å². The minimum atomic E-state index is -2.30. The second-order valence-electron chi connectivity index (χ2n) is 15.4. The average Bonchev–Trinajstić information content (AvgIpc) is 3.22. The fourth-order valence-electron chi connectivity index (χ4n) is 4.90. The second kappa shape index (κ2) is 13.2. The summed E-state index contributed by atoms with van der Waals surface area (Å²) >= 11 is 0. The van der Waals surface area contributed by atoms with Crippen molar-refractivity contribution in [2.24, 2.45) is 0 Å². The Bertz CT molecular complexity index is 1510. The Morgan fingerprint density at radius 2 is 1.44 bits per heavy atom. The van der Waals surface area contributed by atoms with Gasteiger partial charge in [0.05, 0.1) is 6.10 Å². The minimum Gasteiger partial charge on any atom is -0.489 e. The summed E-state index contributed by atoms with van der Waals surface area (Å²) < 4.78 is 28.2. The molecule has 3 aromatic rings. The Hall–Kier alpha value is -2.77. The van der Waals surface area contributed by atoms with E-state index in [-0.39, 0.29) is 28.1 Å². The first-order valence-corrected chi connectivity index (χ1v) is 21.7. The molecule has 2 heterocycles. The highest BCUT2D eigenvalue weighted by Crippen LogP contribution is 2.45. The third kappa shape index (κ3) is 8.15. The molecule has 2 aromatic carbocycles. The zero-order valence-electron chi connectivity index (χ0n) is 29.0. The Morgan fingerprint density at radius 1 is 0.867 bits per heavy atom. The van der Waals surface area contributed by atoms with Crippen molar-refractivity contribution in [2.75, 3.05) is 5.73 Å². The van der Waals surface area contributed by atoms with Crippen LogP contribution in [0, 0.1) is 0 Å². The van der Waals surface area contributed by atoms with Crippen molar-refractivity contribution < 1.29 is 18.3 Å². The molecule has 0 saturated carbocycles. The van der Waals surface area contributed by atoms with Gasteiger partial charge in [-0.05, 0) is 66.4 Å². The second-order valence-corrected chi connectivity index (χ2v) is 24.9. The molecule has 2 N–H and O–H groups in total. The van der Waals surface area contributed by atoms with E-state index < -0.39 is 34.7 Å². The zero-order valence-corrected chi connectivity index (χ0v) is 31.0. The molecule has 0 radical (unpaired) electrons. The van der Waals surface area contributed by atoms with E-state index in [1.807, 2.05) is 61.5 Å². The molecule has 0 bridgehead atoms. The maximum atomic E-state index is 13.5. The van der Waals surface area contributed by atoms with Gasteiger partial charge in [-0.1, -0.05) is 84.0 Å². The molecule has 1 aliphatic rings. The first kappa shape index (κ1) is 35.1. The standard InChI is InChI=1S/C35H53N3O5Si2/c1-24-29(42-44(8,9)34(2,3)4)30(43-45(10,11)35(5,6)7)32(41-24)38-22-27(31(36)37-33(38)39)20-26-18-15-19-28(21-26)40-23-25-16-13-12-14-17-25/h12-19,21-22,24,29-30,32H,20,23H2,1-11H3,(H2,36,37,39)/t24-,29-,30-,32-/m1/s1. The maximum absolute atomic E-state index is 13.5. The Morgan fingerprint density at radius 3 is 2.04 bits per heavy atom. The van der Waals surface area contributed by atoms with Gasteiger partial charge in [-0.2, -0.15) is 4.98 Å². The zero-order chi connectivity index (χ0) is 33.4. The molecule has 1 saturated heterocycles.